The molecule has 0 saturated carbocycles. The number of ether oxygens (including phenoxy) is 1. The van der Waals surface area contributed by atoms with E-state index in [0.29, 0.717) is 5.56 Å². The molecule has 2 heterocycles. The Kier molecular flexibility index (Phi) is 6.24. The number of nitrogens with zero attached hydrogens (tertiary/aromatic N) is 3. The van der Waals surface area contributed by atoms with Crippen molar-refractivity contribution in [1.29, 1.82) is 0 Å². The minimum absolute atomic E-state index is 0.158. The number of ketones is 1. The predicted molar refractivity (Wildman–Crippen MR) is 129 cm³/mol. The summed E-state index contributed by atoms with van der Waals surface area (Å²) in [5.74, 6) is -1.06. The molecule has 0 aliphatic heterocycles. The molecule has 3 aromatic rings. The van der Waals surface area contributed by atoms with Crippen LogP contribution in [0.1, 0.15) is 44.9 Å². The van der Waals surface area contributed by atoms with Crippen molar-refractivity contribution < 1.29 is 14.3 Å². The molecule has 1 aliphatic rings. The maximum atomic E-state index is 12.8. The van der Waals surface area contributed by atoms with E-state index >= 15 is 0 Å². The Morgan fingerprint density at radius 3 is 2.56 bits per heavy atom. The molecule has 0 unspecified atom stereocenters. The zero-order chi connectivity index (χ0) is 24.6. The van der Waals surface area contributed by atoms with E-state index in [1.165, 1.54) is 48.5 Å². The molecule has 0 N–H and O–H groups in total. The zero-order valence-corrected chi connectivity index (χ0v) is 19.8. The minimum Gasteiger partial charge on any atom is -0.454 e. The first kappa shape index (κ1) is 23.2. The first-order valence-corrected chi connectivity index (χ1v) is 11.1. The van der Waals surface area contributed by atoms with Crippen molar-refractivity contribution in [2.75, 3.05) is 6.61 Å². The second-order valence-corrected chi connectivity index (χ2v) is 8.63. The average Bonchev–Trinajstić information content (AvgIpc) is 3.40. The quantitative estimate of drug-likeness (QED) is 0.319. The topological polar surface area (TPSA) is 92.3 Å². The number of hydrogen-bond acceptors (Lipinski definition) is 5. The first-order chi connectivity index (χ1) is 16.2. The molecule has 4 rings (SSSR count). The Balaban J connectivity index is 1.46. The number of hydrogen-bond donors (Lipinski definition) is 0. The highest BCUT2D eigenvalue weighted by molar-refractivity contribution is 6.00. The number of aromatic nitrogens is 3. The second kappa shape index (κ2) is 9.13. The highest BCUT2D eigenvalue weighted by Gasteiger charge is 2.19. The summed E-state index contributed by atoms with van der Waals surface area (Å²) in [6.45, 7) is 3.41. The number of carbonyl (C=O) groups is 2. The van der Waals surface area contributed by atoms with E-state index in [1.807, 2.05) is 24.5 Å². The molecule has 0 saturated heterocycles. The van der Waals surface area contributed by atoms with E-state index in [1.54, 1.807) is 0 Å². The third kappa shape index (κ3) is 4.31. The van der Waals surface area contributed by atoms with Gasteiger partial charge >= 0.3 is 11.7 Å². The number of esters is 1. The van der Waals surface area contributed by atoms with E-state index in [-0.39, 0.29) is 11.3 Å². The van der Waals surface area contributed by atoms with Crippen LogP contribution in [0.3, 0.4) is 0 Å². The van der Waals surface area contributed by atoms with Crippen LogP contribution >= 0.6 is 0 Å². The van der Waals surface area contributed by atoms with Gasteiger partial charge in [-0.25, -0.2) is 9.59 Å². The van der Waals surface area contributed by atoms with Crippen LogP contribution in [0.5, 0.6) is 0 Å². The van der Waals surface area contributed by atoms with Gasteiger partial charge in [-0.15, -0.1) is 0 Å². The molecule has 8 heteroatoms. The minimum atomic E-state index is -0.753. The molecule has 0 spiro atoms. The van der Waals surface area contributed by atoms with E-state index in [0.717, 1.165) is 40.6 Å². The molecule has 0 fully saturated rings. The summed E-state index contributed by atoms with van der Waals surface area (Å²) >= 11 is 0. The van der Waals surface area contributed by atoms with Crippen molar-refractivity contribution in [2.45, 2.75) is 33.1 Å². The third-order valence-electron chi connectivity index (χ3n) is 6.29. The summed E-state index contributed by atoms with van der Waals surface area (Å²) in [6, 6.07) is 8.23. The van der Waals surface area contributed by atoms with Gasteiger partial charge in [0.1, 0.15) is 0 Å². The van der Waals surface area contributed by atoms with Crippen molar-refractivity contribution in [3.63, 3.8) is 0 Å². The lowest BCUT2D eigenvalue weighted by Gasteiger charge is -2.12. The zero-order valence-electron chi connectivity index (χ0n) is 19.8. The Hall–Kier alpha value is -3.94. The summed E-state index contributed by atoms with van der Waals surface area (Å²) in [7, 11) is 2.87. The largest absolute Gasteiger partial charge is 0.454 e. The number of carbonyl (C=O) groups excluding carboxylic acids is 2. The summed E-state index contributed by atoms with van der Waals surface area (Å²) < 4.78 is 9.35. The summed E-state index contributed by atoms with van der Waals surface area (Å²) in [6.07, 6.45) is 7.04. The fraction of sp³-hybridized carbons (Fsp3) is 0.308. The fourth-order valence-corrected chi connectivity index (χ4v) is 4.51. The van der Waals surface area contributed by atoms with Gasteiger partial charge in [0.05, 0.1) is 5.56 Å². The molecule has 1 aliphatic carbocycles. The Labute approximate surface area is 196 Å². The second-order valence-electron chi connectivity index (χ2n) is 8.63. The van der Waals surface area contributed by atoms with Gasteiger partial charge in [-0.3, -0.25) is 14.2 Å². The Morgan fingerprint density at radius 2 is 1.79 bits per heavy atom. The standard InChI is InChI=1S/C26H27N3O5/c1-16-12-22(17(2)29(16)21-10-8-18-6-5-7-19(18)13-21)23(30)15-34-24(31)11-9-20-14-27(3)26(33)28(4)25(20)32/h8-14H,5-7,15H2,1-4H3/b11-9+. The average molecular weight is 462 g/mol. The summed E-state index contributed by atoms with van der Waals surface area (Å²) in [5, 5.41) is 0. The number of rotatable bonds is 6. The van der Waals surface area contributed by atoms with E-state index < -0.39 is 23.8 Å². The maximum Gasteiger partial charge on any atom is 0.331 e. The van der Waals surface area contributed by atoms with Crippen LogP contribution in [0, 0.1) is 13.8 Å². The van der Waals surface area contributed by atoms with Gasteiger partial charge in [0, 0.05) is 49.0 Å². The van der Waals surface area contributed by atoms with Crippen LogP contribution in [-0.4, -0.2) is 32.1 Å². The van der Waals surface area contributed by atoms with Crippen molar-refractivity contribution in [1.82, 2.24) is 13.7 Å². The fourth-order valence-electron chi connectivity index (χ4n) is 4.51. The van der Waals surface area contributed by atoms with Gasteiger partial charge in [-0.2, -0.15) is 0 Å². The van der Waals surface area contributed by atoms with E-state index in [2.05, 4.69) is 18.2 Å². The van der Waals surface area contributed by atoms with Gasteiger partial charge in [0.2, 0.25) is 5.78 Å². The molecule has 0 amide bonds. The smallest absolute Gasteiger partial charge is 0.331 e. The Bertz CT molecular complexity index is 1450. The number of aryl methyl sites for hydroxylation is 4. The lowest BCUT2D eigenvalue weighted by Crippen LogP contribution is -2.37. The van der Waals surface area contributed by atoms with Crippen molar-refractivity contribution in [2.24, 2.45) is 14.1 Å². The number of benzene rings is 1. The predicted octanol–water partition coefficient (Wildman–Crippen LogP) is 2.42. The van der Waals surface area contributed by atoms with Crippen molar-refractivity contribution in [3.05, 3.63) is 91.0 Å². The van der Waals surface area contributed by atoms with Crippen molar-refractivity contribution in [3.8, 4) is 5.69 Å². The Morgan fingerprint density at radius 1 is 1.06 bits per heavy atom. The molecule has 0 radical (unpaired) electrons. The van der Waals surface area contributed by atoms with Crippen LogP contribution in [0.25, 0.3) is 11.8 Å². The first-order valence-electron chi connectivity index (χ1n) is 11.1. The van der Waals surface area contributed by atoms with Crippen LogP contribution in [0.4, 0.5) is 0 Å². The van der Waals surface area contributed by atoms with Gasteiger partial charge in [-0.1, -0.05) is 6.07 Å². The number of fused-ring (bicyclic) bond motifs is 1. The molecule has 34 heavy (non-hydrogen) atoms. The number of Topliss-reactive ketones (excluding diaryl/α,β-unsaturated/α-hetero) is 1. The lowest BCUT2D eigenvalue weighted by molar-refractivity contribution is -0.136. The molecular formula is C26H27N3O5. The third-order valence-corrected chi connectivity index (χ3v) is 6.29. The van der Waals surface area contributed by atoms with Crippen LogP contribution < -0.4 is 11.2 Å². The highest BCUT2D eigenvalue weighted by Crippen LogP contribution is 2.27. The van der Waals surface area contributed by atoms with Gasteiger partial charge in [-0.05, 0) is 68.5 Å². The van der Waals surface area contributed by atoms with Crippen LogP contribution in [0.15, 0.2) is 46.1 Å². The van der Waals surface area contributed by atoms with Gasteiger partial charge in [0.25, 0.3) is 5.56 Å². The molecule has 2 aromatic heterocycles. The molecule has 8 nitrogen and oxygen atoms in total. The maximum absolute atomic E-state index is 12.8. The lowest BCUT2D eigenvalue weighted by atomic mass is 10.1. The summed E-state index contributed by atoms with van der Waals surface area (Å²) in [5.41, 5.74) is 5.15. The van der Waals surface area contributed by atoms with Gasteiger partial charge in [0.15, 0.2) is 6.61 Å². The van der Waals surface area contributed by atoms with E-state index in [4.69, 9.17) is 4.74 Å². The SMILES string of the molecule is Cc1cc(C(=O)COC(=O)/C=C/c2cn(C)c(=O)n(C)c2=O)c(C)n1-c1ccc2c(c1)CCC2. The summed E-state index contributed by atoms with van der Waals surface area (Å²) in [4.78, 5) is 48.8. The highest BCUT2D eigenvalue weighted by atomic mass is 16.5. The molecule has 0 bridgehead atoms. The van der Waals surface area contributed by atoms with E-state index in [9.17, 15) is 19.2 Å². The van der Waals surface area contributed by atoms with Crippen LogP contribution in [0.2, 0.25) is 0 Å². The molecule has 176 valence electrons. The molecule has 1 aromatic carbocycles. The van der Waals surface area contributed by atoms with Crippen molar-refractivity contribution >= 4 is 17.8 Å². The molecule has 0 atom stereocenters. The van der Waals surface area contributed by atoms with Gasteiger partial charge < -0.3 is 13.9 Å². The molecular weight excluding hydrogens is 434 g/mol. The monoisotopic (exact) mass is 461 g/mol. The van der Waals surface area contributed by atoms with Crippen LogP contribution in [-0.2, 0) is 36.5 Å². The normalized spacial score (nSPS) is 12.8.